The van der Waals surface area contributed by atoms with Crippen molar-refractivity contribution in [2.45, 2.75) is 129 Å². The zero-order chi connectivity index (χ0) is 28.7. The van der Waals surface area contributed by atoms with Gasteiger partial charge in [-0.3, -0.25) is 9.59 Å². The predicted molar refractivity (Wildman–Crippen MR) is 173 cm³/mol. The first-order valence-corrected chi connectivity index (χ1v) is 16.5. The number of methoxy groups -OCH3 is 1. The molecule has 1 heterocycles. The number of anilines is 1. The molecule has 243 valence electrons. The van der Waals surface area contributed by atoms with Crippen molar-refractivity contribution >= 4 is 17.5 Å². The van der Waals surface area contributed by atoms with Gasteiger partial charge in [-0.2, -0.15) is 6.07 Å². The van der Waals surface area contributed by atoms with E-state index in [9.17, 15) is 9.59 Å². The third kappa shape index (κ3) is 18.8. The average molecular weight is 675 g/mol. The van der Waals surface area contributed by atoms with Crippen LogP contribution in [0.2, 0.25) is 0 Å². The van der Waals surface area contributed by atoms with Crippen molar-refractivity contribution in [3.63, 3.8) is 0 Å². The Labute approximate surface area is 271 Å². The second kappa shape index (κ2) is 27.0. The normalized spacial score (nSPS) is 12.8. The maximum atomic E-state index is 12.6. The number of amides is 2. The van der Waals surface area contributed by atoms with Crippen molar-refractivity contribution in [3.05, 3.63) is 31.7 Å². The molecule has 2 rings (SSSR count). The minimum Gasteiger partial charge on any atom is -0.523 e. The standard InChI is InChI=1S/C34H58N3O3.CH3.Rh/c1-3-4-5-6-7-8-9-10-11-12-13-14-15-16-17-23-33(38)35-25-19-18-24-34(39)37-28-26-36(27-29-37)31-21-20-22-32(30-31)40-2;;/h20-21,30H,3-19,23-29H2,1-2H3,(H,35,38);1H3;/q2*-1;+2. The van der Waals surface area contributed by atoms with Gasteiger partial charge >= 0.3 is 19.5 Å². The number of carbonyl (C=O) groups excluding carboxylic acids is 2. The van der Waals surface area contributed by atoms with Crippen LogP contribution in [0.4, 0.5) is 5.69 Å². The number of nitrogens with zero attached hydrogens (tertiary/aromatic N) is 2. The molecule has 1 fully saturated rings. The van der Waals surface area contributed by atoms with Crippen molar-refractivity contribution < 1.29 is 33.8 Å². The molecule has 0 atom stereocenters. The zero-order valence-corrected chi connectivity index (χ0v) is 28.8. The van der Waals surface area contributed by atoms with E-state index in [0.717, 1.165) is 63.3 Å². The van der Waals surface area contributed by atoms with Gasteiger partial charge in [-0.05, 0) is 19.3 Å². The Morgan fingerprint density at radius 2 is 1.31 bits per heavy atom. The summed E-state index contributed by atoms with van der Waals surface area (Å²) < 4.78 is 5.27. The van der Waals surface area contributed by atoms with Gasteiger partial charge in [0.1, 0.15) is 0 Å². The van der Waals surface area contributed by atoms with E-state index in [1.54, 1.807) is 7.11 Å². The van der Waals surface area contributed by atoms with Crippen LogP contribution in [-0.2, 0) is 29.1 Å². The Balaban J connectivity index is 0.00000840. The van der Waals surface area contributed by atoms with Crippen molar-refractivity contribution in [1.29, 1.82) is 0 Å². The second-order valence-corrected chi connectivity index (χ2v) is 11.5. The van der Waals surface area contributed by atoms with Gasteiger partial charge in [0.25, 0.3) is 0 Å². The number of ether oxygens (including phenoxy) is 1. The van der Waals surface area contributed by atoms with Crippen LogP contribution in [0.15, 0.2) is 18.2 Å². The molecule has 2 amide bonds. The molecular formula is C35H61N3O3Rh. The van der Waals surface area contributed by atoms with Crippen molar-refractivity contribution in [2.24, 2.45) is 0 Å². The van der Waals surface area contributed by atoms with Crippen molar-refractivity contribution in [1.82, 2.24) is 10.2 Å². The van der Waals surface area contributed by atoms with E-state index in [4.69, 9.17) is 4.74 Å². The Morgan fingerprint density at radius 1 is 0.786 bits per heavy atom. The number of nitrogens with one attached hydrogen (secondary N) is 1. The molecule has 0 saturated carbocycles. The quantitative estimate of drug-likeness (QED) is 0.0724. The van der Waals surface area contributed by atoms with E-state index in [2.05, 4.69) is 23.2 Å². The first-order chi connectivity index (χ1) is 19.6. The van der Waals surface area contributed by atoms with Crippen LogP contribution in [0.3, 0.4) is 0 Å². The van der Waals surface area contributed by atoms with Gasteiger partial charge in [0.2, 0.25) is 11.8 Å². The van der Waals surface area contributed by atoms with Crippen LogP contribution in [0.5, 0.6) is 5.75 Å². The molecule has 0 bridgehead atoms. The Hall–Kier alpha value is -1.62. The largest absolute Gasteiger partial charge is 2.00 e. The zero-order valence-electron chi connectivity index (χ0n) is 27.2. The molecule has 1 radical (unpaired) electrons. The minimum absolute atomic E-state index is 0. The van der Waals surface area contributed by atoms with E-state index in [-0.39, 0.29) is 38.7 Å². The summed E-state index contributed by atoms with van der Waals surface area (Å²) in [5, 5.41) is 3.04. The molecule has 1 N–H and O–H groups in total. The number of benzene rings is 1. The van der Waals surface area contributed by atoms with E-state index in [1.165, 1.54) is 83.5 Å². The topological polar surface area (TPSA) is 61.9 Å². The van der Waals surface area contributed by atoms with Gasteiger partial charge in [-0.1, -0.05) is 103 Å². The third-order valence-corrected chi connectivity index (χ3v) is 8.12. The van der Waals surface area contributed by atoms with Crippen LogP contribution in [0.25, 0.3) is 0 Å². The average Bonchev–Trinajstić information content (AvgIpc) is 2.99. The molecule has 1 aliphatic rings. The molecule has 42 heavy (non-hydrogen) atoms. The monoisotopic (exact) mass is 674 g/mol. The molecule has 0 aromatic heterocycles. The minimum atomic E-state index is 0. The van der Waals surface area contributed by atoms with Crippen LogP contribution < -0.4 is 15.0 Å². The van der Waals surface area contributed by atoms with Gasteiger partial charge in [0, 0.05) is 51.3 Å². The van der Waals surface area contributed by atoms with Crippen molar-refractivity contribution in [2.75, 3.05) is 44.7 Å². The Kier molecular flexibility index (Phi) is 25.9. The number of rotatable bonds is 23. The molecular weight excluding hydrogens is 613 g/mol. The number of unbranched alkanes of at least 4 members (excludes halogenated alkanes) is 15. The van der Waals surface area contributed by atoms with E-state index in [0.29, 0.717) is 19.4 Å². The number of hydrogen-bond donors (Lipinski definition) is 1. The van der Waals surface area contributed by atoms with Crippen LogP contribution in [0.1, 0.15) is 129 Å². The molecule has 0 unspecified atom stereocenters. The molecule has 1 saturated heterocycles. The van der Waals surface area contributed by atoms with Gasteiger partial charge in [0.15, 0.2) is 0 Å². The smallest absolute Gasteiger partial charge is 0.523 e. The maximum absolute atomic E-state index is 12.6. The van der Waals surface area contributed by atoms with E-state index >= 15 is 0 Å². The summed E-state index contributed by atoms with van der Waals surface area (Å²) in [5.74, 6) is 1.12. The summed E-state index contributed by atoms with van der Waals surface area (Å²) in [6, 6.07) is 8.96. The second-order valence-electron chi connectivity index (χ2n) is 11.5. The summed E-state index contributed by atoms with van der Waals surface area (Å²) in [4.78, 5) is 29.0. The molecule has 1 aliphatic heterocycles. The van der Waals surface area contributed by atoms with Crippen LogP contribution >= 0.6 is 0 Å². The summed E-state index contributed by atoms with van der Waals surface area (Å²) >= 11 is 0. The SMILES string of the molecule is CCCCCCCCCCCCCCCCCC(=O)NCCCCC(=O)N1CCN(c2cc[c-]c(OC)c2)CC1.[CH3-].[Rh+2]. The fraction of sp³-hybridized carbons (Fsp3) is 0.743. The maximum Gasteiger partial charge on any atom is 2.00 e. The Morgan fingerprint density at radius 3 is 1.86 bits per heavy atom. The summed E-state index contributed by atoms with van der Waals surface area (Å²) in [6.07, 6.45) is 22.9. The van der Waals surface area contributed by atoms with Crippen LogP contribution in [0, 0.1) is 13.5 Å². The summed E-state index contributed by atoms with van der Waals surface area (Å²) in [7, 11) is 1.65. The molecule has 0 aliphatic carbocycles. The fourth-order valence-corrected chi connectivity index (χ4v) is 5.49. The summed E-state index contributed by atoms with van der Waals surface area (Å²) in [6.45, 7) is 6.10. The summed E-state index contributed by atoms with van der Waals surface area (Å²) in [5.41, 5.74) is 1.11. The number of hydrogen-bond acceptors (Lipinski definition) is 4. The van der Waals surface area contributed by atoms with Crippen molar-refractivity contribution in [3.8, 4) is 5.75 Å². The van der Waals surface area contributed by atoms with E-state index < -0.39 is 0 Å². The first kappa shape index (κ1) is 40.4. The van der Waals surface area contributed by atoms with E-state index in [1.807, 2.05) is 23.1 Å². The molecule has 6 nitrogen and oxygen atoms in total. The van der Waals surface area contributed by atoms with Gasteiger partial charge in [-0.25, -0.2) is 0 Å². The third-order valence-electron chi connectivity index (χ3n) is 8.12. The number of piperazine rings is 1. The predicted octanol–water partition coefficient (Wildman–Crippen LogP) is 8.14. The van der Waals surface area contributed by atoms with Crippen LogP contribution in [-0.4, -0.2) is 56.5 Å². The van der Waals surface area contributed by atoms with Gasteiger partial charge in [0.05, 0.1) is 7.11 Å². The first-order valence-electron chi connectivity index (χ1n) is 16.5. The molecule has 0 spiro atoms. The molecule has 1 aromatic rings. The Bertz CT molecular complexity index is 799. The number of carbonyl (C=O) groups is 2. The van der Waals surface area contributed by atoms with Gasteiger partial charge < -0.3 is 27.3 Å². The molecule has 7 heteroatoms. The fourth-order valence-electron chi connectivity index (χ4n) is 5.49. The molecule has 1 aromatic carbocycles. The van der Waals surface area contributed by atoms with Gasteiger partial charge in [-0.15, -0.1) is 18.2 Å².